The van der Waals surface area contributed by atoms with Crippen LogP contribution in [-0.4, -0.2) is 58.9 Å². The summed E-state index contributed by atoms with van der Waals surface area (Å²) in [4.78, 5) is 2.55. The second-order valence-electron chi connectivity index (χ2n) is 6.07. The zero-order valence-corrected chi connectivity index (χ0v) is 14.1. The predicted molar refractivity (Wildman–Crippen MR) is 85.9 cm³/mol. The molecule has 1 aromatic rings. The van der Waals surface area contributed by atoms with Gasteiger partial charge < -0.3 is 15.5 Å². The summed E-state index contributed by atoms with van der Waals surface area (Å²) in [7, 11) is 1.67. The molecule has 1 fully saturated rings. The molecule has 0 unspecified atom stereocenters. The summed E-state index contributed by atoms with van der Waals surface area (Å²) in [5.41, 5.74) is 0. The van der Waals surface area contributed by atoms with Crippen molar-refractivity contribution in [2.75, 3.05) is 44.9 Å². The van der Waals surface area contributed by atoms with Crippen LogP contribution >= 0.6 is 11.8 Å². The Morgan fingerprint density at radius 2 is 2.00 bits per heavy atom. The Morgan fingerprint density at radius 3 is 2.67 bits per heavy atom. The Kier molecular flexibility index (Phi) is 6.32. The summed E-state index contributed by atoms with van der Waals surface area (Å²) in [5, 5.41) is 9.07. The van der Waals surface area contributed by atoms with Crippen LogP contribution in [0.25, 0.3) is 0 Å². The molecule has 6 nitrogen and oxygen atoms in total. The van der Waals surface area contributed by atoms with Crippen LogP contribution in [0.3, 0.4) is 0 Å². The van der Waals surface area contributed by atoms with Gasteiger partial charge in [0.05, 0.1) is 6.61 Å². The fourth-order valence-electron chi connectivity index (χ4n) is 3.01. The van der Waals surface area contributed by atoms with E-state index in [1.165, 1.54) is 19.5 Å². The van der Waals surface area contributed by atoms with Crippen LogP contribution in [0.4, 0.5) is 0 Å². The number of ether oxygens (including phenoxy) is 1. The monoisotopic (exact) mass is 313 g/mol. The Hall–Kier alpha value is -0.790. The van der Waals surface area contributed by atoms with E-state index in [9.17, 15) is 0 Å². The second kappa shape index (κ2) is 8.00. The Balaban J connectivity index is 1.77. The van der Waals surface area contributed by atoms with E-state index in [4.69, 9.17) is 10.6 Å². The minimum absolute atomic E-state index is 0.615. The molecule has 0 spiro atoms. The highest BCUT2D eigenvalue weighted by atomic mass is 32.2. The van der Waals surface area contributed by atoms with Gasteiger partial charge in [-0.15, -0.1) is 10.2 Å². The van der Waals surface area contributed by atoms with Gasteiger partial charge >= 0.3 is 0 Å². The molecule has 120 valence electrons. The lowest BCUT2D eigenvalue weighted by Gasteiger charge is -2.34. The highest BCUT2D eigenvalue weighted by molar-refractivity contribution is 7.99. The number of nitrogens with zero attached hydrogens (tertiary/aromatic N) is 4. The SMILES string of the molecule is COCCc1nnc(SCCN2C[C@H](C)C[C@H](C)C2)n1N. The summed E-state index contributed by atoms with van der Waals surface area (Å²) < 4.78 is 6.63. The first-order chi connectivity index (χ1) is 10.1. The molecule has 2 N–H and O–H groups in total. The van der Waals surface area contributed by atoms with Gasteiger partial charge in [-0.2, -0.15) is 0 Å². The van der Waals surface area contributed by atoms with E-state index >= 15 is 0 Å². The molecule has 2 atom stereocenters. The summed E-state index contributed by atoms with van der Waals surface area (Å²) in [6.07, 6.45) is 2.05. The number of nitrogens with two attached hydrogens (primary N) is 1. The van der Waals surface area contributed by atoms with E-state index in [-0.39, 0.29) is 0 Å². The van der Waals surface area contributed by atoms with Gasteiger partial charge in [-0.1, -0.05) is 25.6 Å². The van der Waals surface area contributed by atoms with Crippen molar-refractivity contribution >= 4 is 11.8 Å². The third kappa shape index (κ3) is 4.86. The molecule has 2 heterocycles. The van der Waals surface area contributed by atoms with Gasteiger partial charge in [-0.3, -0.25) is 0 Å². The van der Waals surface area contributed by atoms with Crippen molar-refractivity contribution in [3.63, 3.8) is 0 Å². The van der Waals surface area contributed by atoms with Crippen molar-refractivity contribution in [1.82, 2.24) is 19.8 Å². The molecule has 0 radical (unpaired) electrons. The van der Waals surface area contributed by atoms with Crippen LogP contribution < -0.4 is 5.84 Å². The van der Waals surface area contributed by atoms with Gasteiger partial charge in [0.1, 0.15) is 0 Å². The lowest BCUT2D eigenvalue weighted by molar-refractivity contribution is 0.149. The molecule has 2 rings (SSSR count). The minimum Gasteiger partial charge on any atom is -0.384 e. The van der Waals surface area contributed by atoms with Crippen LogP contribution in [0, 0.1) is 11.8 Å². The van der Waals surface area contributed by atoms with Gasteiger partial charge in [0.25, 0.3) is 0 Å². The molecule has 0 aromatic carbocycles. The fraction of sp³-hybridized carbons (Fsp3) is 0.857. The van der Waals surface area contributed by atoms with E-state index in [0.29, 0.717) is 13.0 Å². The molecular formula is C14H27N5OS. The Morgan fingerprint density at radius 1 is 1.29 bits per heavy atom. The predicted octanol–water partition coefficient (Wildman–Crippen LogP) is 1.25. The molecule has 1 aliphatic heterocycles. The van der Waals surface area contributed by atoms with Crippen molar-refractivity contribution in [3.05, 3.63) is 5.82 Å². The largest absolute Gasteiger partial charge is 0.384 e. The fourth-order valence-corrected chi connectivity index (χ4v) is 3.89. The van der Waals surface area contributed by atoms with Crippen LogP contribution in [0.2, 0.25) is 0 Å². The molecular weight excluding hydrogens is 286 g/mol. The number of hydrogen-bond acceptors (Lipinski definition) is 6. The van der Waals surface area contributed by atoms with Crippen LogP contribution in [0.15, 0.2) is 5.16 Å². The second-order valence-corrected chi connectivity index (χ2v) is 7.13. The van der Waals surface area contributed by atoms with Crippen molar-refractivity contribution in [2.45, 2.75) is 31.8 Å². The normalized spacial score (nSPS) is 23.6. The molecule has 0 amide bonds. The highest BCUT2D eigenvalue weighted by Gasteiger charge is 2.21. The van der Waals surface area contributed by atoms with E-state index in [0.717, 1.165) is 35.1 Å². The van der Waals surface area contributed by atoms with Crippen molar-refractivity contribution in [1.29, 1.82) is 0 Å². The summed E-state index contributed by atoms with van der Waals surface area (Å²) in [6, 6.07) is 0. The molecule has 1 saturated heterocycles. The summed E-state index contributed by atoms with van der Waals surface area (Å²) in [6.45, 7) is 8.80. The average Bonchev–Trinajstić information content (AvgIpc) is 2.77. The quantitative estimate of drug-likeness (QED) is 0.603. The number of rotatable bonds is 7. The van der Waals surface area contributed by atoms with E-state index in [1.54, 1.807) is 23.5 Å². The molecule has 1 aliphatic rings. The first kappa shape index (κ1) is 16.6. The average molecular weight is 313 g/mol. The maximum absolute atomic E-state index is 6.01. The first-order valence-corrected chi connectivity index (χ1v) is 8.62. The summed E-state index contributed by atoms with van der Waals surface area (Å²) >= 11 is 1.68. The van der Waals surface area contributed by atoms with Crippen LogP contribution in [0.1, 0.15) is 26.1 Å². The van der Waals surface area contributed by atoms with Crippen molar-refractivity contribution in [3.8, 4) is 0 Å². The van der Waals surface area contributed by atoms with Gasteiger partial charge in [0.2, 0.25) is 5.16 Å². The lowest BCUT2D eigenvalue weighted by atomic mass is 9.92. The Labute approximate surface area is 131 Å². The zero-order valence-electron chi connectivity index (χ0n) is 13.3. The number of methoxy groups -OCH3 is 1. The molecule has 0 aliphatic carbocycles. The third-order valence-corrected chi connectivity index (χ3v) is 4.77. The van der Waals surface area contributed by atoms with Crippen molar-refractivity contribution < 1.29 is 4.74 Å². The molecule has 1 aromatic heterocycles. The Bertz CT molecular complexity index is 429. The maximum Gasteiger partial charge on any atom is 0.209 e. The number of nitrogen functional groups attached to an aromatic ring is 1. The third-order valence-electron chi connectivity index (χ3n) is 3.85. The van der Waals surface area contributed by atoms with Crippen LogP contribution in [-0.2, 0) is 11.2 Å². The lowest BCUT2D eigenvalue weighted by Crippen LogP contribution is -2.39. The first-order valence-electron chi connectivity index (χ1n) is 7.63. The standard InChI is InChI=1S/C14H27N5OS/c1-11-8-12(2)10-18(9-11)5-7-21-14-17-16-13(19(14)15)4-6-20-3/h11-12H,4-10,15H2,1-3H3/t11-,12+. The van der Waals surface area contributed by atoms with E-state index < -0.39 is 0 Å². The van der Waals surface area contributed by atoms with Gasteiger partial charge in [0, 0.05) is 38.9 Å². The smallest absolute Gasteiger partial charge is 0.209 e. The number of likely N-dealkylation sites (tertiary alicyclic amines) is 1. The van der Waals surface area contributed by atoms with Gasteiger partial charge in [-0.25, -0.2) is 4.68 Å². The topological polar surface area (TPSA) is 69.2 Å². The van der Waals surface area contributed by atoms with E-state index in [1.807, 2.05) is 0 Å². The number of piperidine rings is 1. The zero-order chi connectivity index (χ0) is 15.2. The van der Waals surface area contributed by atoms with Gasteiger partial charge in [-0.05, 0) is 18.3 Å². The number of aromatic nitrogens is 3. The molecule has 0 bridgehead atoms. The minimum atomic E-state index is 0.615. The van der Waals surface area contributed by atoms with Gasteiger partial charge in [0.15, 0.2) is 5.82 Å². The molecule has 0 saturated carbocycles. The highest BCUT2D eigenvalue weighted by Crippen LogP contribution is 2.22. The molecule has 7 heteroatoms. The number of hydrogen-bond donors (Lipinski definition) is 1. The van der Waals surface area contributed by atoms with Crippen molar-refractivity contribution in [2.24, 2.45) is 11.8 Å². The van der Waals surface area contributed by atoms with Crippen LogP contribution in [0.5, 0.6) is 0 Å². The van der Waals surface area contributed by atoms with E-state index in [2.05, 4.69) is 28.9 Å². The maximum atomic E-state index is 6.01. The summed E-state index contributed by atoms with van der Waals surface area (Å²) in [5.74, 6) is 9.39. The number of thioether (sulfide) groups is 1. The molecule has 21 heavy (non-hydrogen) atoms.